The Morgan fingerprint density at radius 2 is 2.16 bits per heavy atom. The Morgan fingerprint density at radius 1 is 1.32 bits per heavy atom. The van der Waals surface area contributed by atoms with E-state index in [1.165, 1.54) is 0 Å². The van der Waals surface area contributed by atoms with Crippen molar-refractivity contribution < 1.29 is 19.1 Å². The number of rotatable bonds is 6. The van der Waals surface area contributed by atoms with E-state index in [0.717, 1.165) is 5.56 Å². The van der Waals surface area contributed by atoms with Crippen LogP contribution in [0.1, 0.15) is 30.0 Å². The second-order valence-electron chi connectivity index (χ2n) is 4.25. The lowest BCUT2D eigenvalue weighted by Crippen LogP contribution is -1.97. The number of hydrogen-bond acceptors (Lipinski definition) is 5. The van der Waals surface area contributed by atoms with Crippen LogP contribution in [0.15, 0.2) is 34.9 Å². The second kappa shape index (κ2) is 6.36. The first-order chi connectivity index (χ1) is 9.19. The first kappa shape index (κ1) is 13.6. The third-order valence-electron chi connectivity index (χ3n) is 2.62. The molecule has 0 bridgehead atoms. The van der Waals surface area contributed by atoms with E-state index < -0.39 is 6.10 Å². The van der Waals surface area contributed by atoms with E-state index in [9.17, 15) is 5.11 Å². The quantitative estimate of drug-likeness (QED) is 0.867. The summed E-state index contributed by atoms with van der Waals surface area (Å²) in [6.07, 6.45) is -0.510. The second-order valence-corrected chi connectivity index (χ2v) is 4.25. The first-order valence-corrected chi connectivity index (χ1v) is 6.03. The van der Waals surface area contributed by atoms with Gasteiger partial charge in [-0.05, 0) is 24.6 Å². The highest BCUT2D eigenvalue weighted by Crippen LogP contribution is 2.19. The van der Waals surface area contributed by atoms with Gasteiger partial charge in [-0.25, -0.2) is 0 Å². The molecular weight excluding hydrogens is 246 g/mol. The third kappa shape index (κ3) is 3.81. The molecule has 0 saturated heterocycles. The normalized spacial score (nSPS) is 12.4. The average molecular weight is 263 g/mol. The maximum atomic E-state index is 9.50. The van der Waals surface area contributed by atoms with Gasteiger partial charge in [0.1, 0.15) is 24.7 Å². The summed E-state index contributed by atoms with van der Waals surface area (Å²) in [5.41, 5.74) is 1.52. The topological polar surface area (TPSA) is 64.7 Å². The summed E-state index contributed by atoms with van der Waals surface area (Å²) >= 11 is 0. The van der Waals surface area contributed by atoms with Gasteiger partial charge >= 0.3 is 0 Å². The molecule has 2 rings (SSSR count). The molecular formula is C14H17NO4. The highest BCUT2D eigenvalue weighted by molar-refractivity contribution is 5.29. The molecule has 2 aromatic rings. The van der Waals surface area contributed by atoms with Gasteiger partial charge in [0.25, 0.3) is 0 Å². The Balaban J connectivity index is 1.95. The third-order valence-corrected chi connectivity index (χ3v) is 2.62. The Bertz CT molecular complexity index is 522. The molecule has 5 nitrogen and oxygen atoms in total. The van der Waals surface area contributed by atoms with Crippen molar-refractivity contribution in [3.63, 3.8) is 0 Å². The maximum Gasteiger partial charge on any atom is 0.162 e. The minimum atomic E-state index is -0.510. The predicted molar refractivity (Wildman–Crippen MR) is 68.6 cm³/mol. The fourth-order valence-electron chi connectivity index (χ4n) is 1.66. The number of aromatic nitrogens is 1. The largest absolute Gasteiger partial charge is 0.487 e. The fraction of sp³-hybridized carbons (Fsp3) is 0.357. The molecule has 19 heavy (non-hydrogen) atoms. The summed E-state index contributed by atoms with van der Waals surface area (Å²) in [7, 11) is 1.60. The Morgan fingerprint density at radius 3 is 2.89 bits per heavy atom. The fourth-order valence-corrected chi connectivity index (χ4v) is 1.66. The van der Waals surface area contributed by atoms with Crippen molar-refractivity contribution in [3.05, 3.63) is 47.3 Å². The molecule has 0 saturated carbocycles. The summed E-state index contributed by atoms with van der Waals surface area (Å²) in [5, 5.41) is 13.4. The molecule has 0 spiro atoms. The number of methoxy groups -OCH3 is 1. The van der Waals surface area contributed by atoms with Crippen LogP contribution in [0.2, 0.25) is 0 Å². The summed E-state index contributed by atoms with van der Waals surface area (Å²) in [5.74, 6) is 1.36. The van der Waals surface area contributed by atoms with Gasteiger partial charge in [0.15, 0.2) is 5.76 Å². The number of aliphatic hydroxyl groups excluding tert-OH is 1. The molecule has 1 aromatic heterocycles. The zero-order valence-electron chi connectivity index (χ0n) is 11.0. The van der Waals surface area contributed by atoms with Crippen molar-refractivity contribution in [2.75, 3.05) is 7.11 Å². The molecule has 0 fully saturated rings. The molecule has 0 aliphatic heterocycles. The minimum Gasteiger partial charge on any atom is -0.487 e. The van der Waals surface area contributed by atoms with Crippen LogP contribution in [0.25, 0.3) is 0 Å². The highest BCUT2D eigenvalue weighted by Gasteiger charge is 2.06. The van der Waals surface area contributed by atoms with Gasteiger partial charge in [-0.2, -0.15) is 0 Å². The first-order valence-electron chi connectivity index (χ1n) is 6.03. The van der Waals surface area contributed by atoms with Crippen molar-refractivity contribution in [2.45, 2.75) is 26.2 Å². The van der Waals surface area contributed by atoms with Crippen LogP contribution in [0, 0.1) is 0 Å². The number of nitrogens with zero attached hydrogens (tertiary/aromatic N) is 1. The molecule has 1 aromatic carbocycles. The van der Waals surface area contributed by atoms with Crippen molar-refractivity contribution in [3.8, 4) is 5.75 Å². The molecule has 102 valence electrons. The summed E-state index contributed by atoms with van der Waals surface area (Å²) < 4.78 is 15.6. The van der Waals surface area contributed by atoms with E-state index in [-0.39, 0.29) is 0 Å². The molecule has 0 radical (unpaired) electrons. The van der Waals surface area contributed by atoms with E-state index >= 15 is 0 Å². The zero-order valence-corrected chi connectivity index (χ0v) is 11.0. The van der Waals surface area contributed by atoms with Gasteiger partial charge in [-0.3, -0.25) is 0 Å². The van der Waals surface area contributed by atoms with E-state index in [4.69, 9.17) is 14.0 Å². The molecule has 0 unspecified atom stereocenters. The van der Waals surface area contributed by atoms with E-state index in [0.29, 0.717) is 30.4 Å². The van der Waals surface area contributed by atoms with Gasteiger partial charge in [-0.1, -0.05) is 17.3 Å². The van der Waals surface area contributed by atoms with Gasteiger partial charge in [0, 0.05) is 13.2 Å². The van der Waals surface area contributed by atoms with E-state index in [1.54, 1.807) is 26.2 Å². The van der Waals surface area contributed by atoms with Crippen molar-refractivity contribution in [1.82, 2.24) is 5.16 Å². The number of aliphatic hydroxyl groups is 1. The smallest absolute Gasteiger partial charge is 0.162 e. The molecule has 1 N–H and O–H groups in total. The average Bonchev–Trinajstić information content (AvgIpc) is 2.85. The molecule has 1 heterocycles. The number of hydrogen-bond donors (Lipinski definition) is 1. The van der Waals surface area contributed by atoms with Gasteiger partial charge in [0.05, 0.1) is 6.10 Å². The molecule has 0 aliphatic rings. The van der Waals surface area contributed by atoms with E-state index in [2.05, 4.69) is 5.16 Å². The monoisotopic (exact) mass is 263 g/mol. The Labute approximate surface area is 111 Å². The summed E-state index contributed by atoms with van der Waals surface area (Å²) in [6, 6.07) is 9.13. The van der Waals surface area contributed by atoms with Crippen LogP contribution in [-0.2, 0) is 18.0 Å². The van der Waals surface area contributed by atoms with Crippen LogP contribution in [-0.4, -0.2) is 17.4 Å². The predicted octanol–water partition coefficient (Wildman–Crippen LogP) is 2.45. The van der Waals surface area contributed by atoms with Crippen LogP contribution in [0.3, 0.4) is 0 Å². The lowest BCUT2D eigenvalue weighted by Gasteiger charge is -2.08. The Kier molecular flexibility index (Phi) is 4.54. The molecule has 0 aliphatic carbocycles. The maximum absolute atomic E-state index is 9.50. The SMILES string of the molecule is COCc1cc(COc2cccc([C@@H](C)O)c2)no1. The van der Waals surface area contributed by atoms with Crippen LogP contribution in [0.5, 0.6) is 5.75 Å². The zero-order chi connectivity index (χ0) is 13.7. The van der Waals surface area contributed by atoms with Crippen molar-refractivity contribution in [2.24, 2.45) is 0 Å². The number of ether oxygens (including phenoxy) is 2. The highest BCUT2D eigenvalue weighted by atomic mass is 16.5. The molecule has 1 atom stereocenters. The van der Waals surface area contributed by atoms with Crippen molar-refractivity contribution >= 4 is 0 Å². The van der Waals surface area contributed by atoms with Gasteiger partial charge < -0.3 is 19.1 Å². The number of benzene rings is 1. The summed E-state index contributed by atoms with van der Waals surface area (Å²) in [6.45, 7) is 2.43. The standard InChI is InChI=1S/C14H17NO4/c1-10(16)11-4-3-5-13(6-11)18-8-12-7-14(9-17-2)19-15-12/h3-7,10,16H,8-9H2,1-2H3/t10-/m1/s1. The minimum absolute atomic E-state index is 0.316. The van der Waals surface area contributed by atoms with Crippen LogP contribution in [0.4, 0.5) is 0 Å². The lowest BCUT2D eigenvalue weighted by atomic mass is 10.1. The lowest BCUT2D eigenvalue weighted by molar-refractivity contribution is 0.155. The molecule has 0 amide bonds. The van der Waals surface area contributed by atoms with Gasteiger partial charge in [-0.15, -0.1) is 0 Å². The van der Waals surface area contributed by atoms with Gasteiger partial charge in [0.2, 0.25) is 0 Å². The van der Waals surface area contributed by atoms with Crippen LogP contribution < -0.4 is 4.74 Å². The van der Waals surface area contributed by atoms with Crippen LogP contribution >= 0.6 is 0 Å². The molecule has 5 heteroatoms. The van der Waals surface area contributed by atoms with Crippen molar-refractivity contribution in [1.29, 1.82) is 0 Å². The summed E-state index contributed by atoms with van der Waals surface area (Å²) in [4.78, 5) is 0. The van der Waals surface area contributed by atoms with E-state index in [1.807, 2.05) is 18.2 Å². The Hall–Kier alpha value is -1.85.